The van der Waals surface area contributed by atoms with Crippen molar-refractivity contribution in [3.63, 3.8) is 0 Å². The fourth-order valence-corrected chi connectivity index (χ4v) is 2.21. The van der Waals surface area contributed by atoms with Crippen molar-refractivity contribution in [3.05, 3.63) is 35.9 Å². The molecule has 0 aromatic heterocycles. The second-order valence-corrected chi connectivity index (χ2v) is 6.26. The van der Waals surface area contributed by atoms with Gasteiger partial charge in [0.1, 0.15) is 18.7 Å². The lowest BCUT2D eigenvalue weighted by Crippen LogP contribution is -2.53. The third-order valence-corrected chi connectivity index (χ3v) is 3.70. The number of hydrogen-bond acceptors (Lipinski definition) is 5. The van der Waals surface area contributed by atoms with Gasteiger partial charge < -0.3 is 25.6 Å². The van der Waals surface area contributed by atoms with Crippen molar-refractivity contribution in [2.24, 2.45) is 5.92 Å². The summed E-state index contributed by atoms with van der Waals surface area (Å²) in [6, 6.07) is 6.47. The predicted molar refractivity (Wildman–Crippen MR) is 94.8 cm³/mol. The van der Waals surface area contributed by atoms with Crippen LogP contribution in [-0.4, -0.2) is 46.2 Å². The number of alkyl carbamates (subject to hydrolysis) is 1. The largest absolute Gasteiger partial charge is 0.481 e. The maximum absolute atomic E-state index is 12.3. The Morgan fingerprint density at radius 3 is 2.19 bits per heavy atom. The molecule has 0 aliphatic heterocycles. The smallest absolute Gasteiger partial charge is 0.408 e. The molecule has 4 N–H and O–H groups in total. The number of hydrogen-bond donors (Lipinski definition) is 4. The van der Waals surface area contributed by atoms with Crippen molar-refractivity contribution in [1.82, 2.24) is 10.6 Å². The van der Waals surface area contributed by atoms with Gasteiger partial charge in [-0.1, -0.05) is 44.2 Å². The molecule has 2 atom stereocenters. The van der Waals surface area contributed by atoms with E-state index in [1.807, 2.05) is 6.07 Å². The Kier molecular flexibility index (Phi) is 8.77. The molecule has 0 radical (unpaired) electrons. The van der Waals surface area contributed by atoms with E-state index in [1.54, 1.807) is 38.1 Å². The number of ether oxygens (including phenoxy) is 1. The van der Waals surface area contributed by atoms with Crippen LogP contribution in [-0.2, 0) is 25.7 Å². The number of benzene rings is 1. The molecular formula is C18H24N2O7. The molecule has 148 valence electrons. The molecule has 0 aliphatic carbocycles. The van der Waals surface area contributed by atoms with Crippen molar-refractivity contribution < 1.29 is 34.1 Å². The van der Waals surface area contributed by atoms with Gasteiger partial charge >= 0.3 is 18.0 Å². The van der Waals surface area contributed by atoms with Crippen LogP contribution in [0.1, 0.15) is 32.3 Å². The Bertz CT molecular complexity index is 661. The van der Waals surface area contributed by atoms with Crippen molar-refractivity contribution in [1.29, 1.82) is 0 Å². The minimum absolute atomic E-state index is 0.0241. The Hall–Kier alpha value is -3.10. The van der Waals surface area contributed by atoms with Crippen LogP contribution in [0.5, 0.6) is 0 Å². The van der Waals surface area contributed by atoms with E-state index in [0.717, 1.165) is 5.56 Å². The van der Waals surface area contributed by atoms with Crippen LogP contribution in [0.25, 0.3) is 0 Å². The van der Waals surface area contributed by atoms with Crippen LogP contribution in [0.15, 0.2) is 30.3 Å². The van der Waals surface area contributed by atoms with Gasteiger partial charge in [-0.15, -0.1) is 0 Å². The SMILES string of the molecule is CC(C)[C@H](NC(=O)C(CCC(=O)O)NC(=O)OCc1ccccc1)C(=O)O. The first kappa shape index (κ1) is 21.9. The molecule has 1 unspecified atom stereocenters. The monoisotopic (exact) mass is 380 g/mol. The van der Waals surface area contributed by atoms with Crippen molar-refractivity contribution in [2.75, 3.05) is 0 Å². The molecule has 2 amide bonds. The Balaban J connectivity index is 2.71. The van der Waals surface area contributed by atoms with E-state index >= 15 is 0 Å². The van der Waals surface area contributed by atoms with Gasteiger partial charge in [0.05, 0.1) is 0 Å². The normalized spacial score (nSPS) is 12.7. The summed E-state index contributed by atoms with van der Waals surface area (Å²) in [6.07, 6.45) is -1.48. The first-order valence-electron chi connectivity index (χ1n) is 8.43. The van der Waals surface area contributed by atoms with E-state index in [2.05, 4.69) is 10.6 Å². The minimum atomic E-state index is -1.23. The second kappa shape index (κ2) is 10.8. The van der Waals surface area contributed by atoms with Gasteiger partial charge in [-0.3, -0.25) is 9.59 Å². The first-order chi connectivity index (χ1) is 12.7. The van der Waals surface area contributed by atoms with E-state index in [4.69, 9.17) is 14.9 Å². The molecule has 0 saturated heterocycles. The number of carbonyl (C=O) groups is 4. The number of amides is 2. The molecular weight excluding hydrogens is 356 g/mol. The van der Waals surface area contributed by atoms with E-state index in [9.17, 15) is 19.2 Å². The molecule has 0 bridgehead atoms. The molecule has 1 aromatic carbocycles. The average molecular weight is 380 g/mol. The molecule has 27 heavy (non-hydrogen) atoms. The lowest BCUT2D eigenvalue weighted by Gasteiger charge is -2.22. The summed E-state index contributed by atoms with van der Waals surface area (Å²) in [6.45, 7) is 3.21. The summed E-state index contributed by atoms with van der Waals surface area (Å²) in [5.74, 6) is -3.54. The summed E-state index contributed by atoms with van der Waals surface area (Å²) in [4.78, 5) is 46.3. The lowest BCUT2D eigenvalue weighted by molar-refractivity contribution is -0.143. The molecule has 0 saturated carbocycles. The van der Waals surface area contributed by atoms with E-state index in [1.165, 1.54) is 0 Å². The third kappa shape index (κ3) is 8.21. The molecule has 1 aromatic rings. The molecule has 9 nitrogen and oxygen atoms in total. The number of aliphatic carboxylic acids is 2. The van der Waals surface area contributed by atoms with Gasteiger partial charge in [-0.25, -0.2) is 9.59 Å². The Labute approximate surface area is 156 Å². The van der Waals surface area contributed by atoms with Crippen molar-refractivity contribution in [2.45, 2.75) is 45.4 Å². The van der Waals surface area contributed by atoms with Gasteiger partial charge in [0.2, 0.25) is 5.91 Å². The second-order valence-electron chi connectivity index (χ2n) is 6.26. The number of rotatable bonds is 10. The first-order valence-corrected chi connectivity index (χ1v) is 8.43. The van der Waals surface area contributed by atoms with Crippen LogP contribution >= 0.6 is 0 Å². The van der Waals surface area contributed by atoms with Crippen molar-refractivity contribution in [3.8, 4) is 0 Å². The highest BCUT2D eigenvalue weighted by molar-refractivity contribution is 5.89. The zero-order valence-corrected chi connectivity index (χ0v) is 15.2. The summed E-state index contributed by atoms with van der Waals surface area (Å²) >= 11 is 0. The highest BCUT2D eigenvalue weighted by atomic mass is 16.5. The number of carbonyl (C=O) groups excluding carboxylic acids is 2. The molecule has 0 aliphatic rings. The van der Waals surface area contributed by atoms with E-state index in [0.29, 0.717) is 0 Å². The van der Waals surface area contributed by atoms with Crippen molar-refractivity contribution >= 4 is 23.9 Å². The molecule has 1 rings (SSSR count). The fourth-order valence-electron chi connectivity index (χ4n) is 2.21. The van der Waals surface area contributed by atoms with Gasteiger partial charge in [0.25, 0.3) is 0 Å². The molecule has 0 spiro atoms. The molecule has 0 fully saturated rings. The average Bonchev–Trinajstić information content (AvgIpc) is 2.61. The van der Waals surface area contributed by atoms with Crippen LogP contribution in [0, 0.1) is 5.92 Å². The fraction of sp³-hybridized carbons (Fsp3) is 0.444. The summed E-state index contributed by atoms with van der Waals surface area (Å²) in [5.41, 5.74) is 0.741. The quantitative estimate of drug-likeness (QED) is 0.480. The standard InChI is InChI=1S/C18H24N2O7/c1-11(2)15(17(24)25)20-16(23)13(8-9-14(21)22)19-18(26)27-10-12-6-4-3-5-7-12/h3-7,11,13,15H,8-10H2,1-2H3,(H,19,26)(H,20,23)(H,21,22)(H,24,25)/t13?,15-/m0/s1. The zero-order valence-electron chi connectivity index (χ0n) is 15.2. The van der Waals surface area contributed by atoms with Crippen LogP contribution in [0.3, 0.4) is 0 Å². The third-order valence-electron chi connectivity index (χ3n) is 3.70. The van der Waals surface area contributed by atoms with Gasteiger partial charge in [-0.05, 0) is 17.9 Å². The zero-order chi connectivity index (χ0) is 20.4. The predicted octanol–water partition coefficient (Wildman–Crippen LogP) is 1.37. The summed E-state index contributed by atoms with van der Waals surface area (Å²) in [5, 5.41) is 22.6. The van der Waals surface area contributed by atoms with E-state index < -0.39 is 41.9 Å². The van der Waals surface area contributed by atoms with Gasteiger partial charge in [-0.2, -0.15) is 0 Å². The summed E-state index contributed by atoms with van der Waals surface area (Å²) < 4.78 is 5.02. The number of carboxylic acid groups (broad SMARTS) is 2. The van der Waals surface area contributed by atoms with Crippen LogP contribution < -0.4 is 10.6 Å². The highest BCUT2D eigenvalue weighted by Gasteiger charge is 2.29. The summed E-state index contributed by atoms with van der Waals surface area (Å²) in [7, 11) is 0. The van der Waals surface area contributed by atoms with E-state index in [-0.39, 0.29) is 19.4 Å². The Morgan fingerprint density at radius 2 is 1.67 bits per heavy atom. The van der Waals surface area contributed by atoms with Gasteiger partial charge in [0.15, 0.2) is 0 Å². The minimum Gasteiger partial charge on any atom is -0.481 e. The topological polar surface area (TPSA) is 142 Å². The van der Waals surface area contributed by atoms with Crippen LogP contribution in [0.4, 0.5) is 4.79 Å². The number of carboxylic acids is 2. The maximum Gasteiger partial charge on any atom is 0.408 e. The Morgan fingerprint density at radius 1 is 1.04 bits per heavy atom. The lowest BCUT2D eigenvalue weighted by atomic mass is 10.0. The highest BCUT2D eigenvalue weighted by Crippen LogP contribution is 2.06. The van der Waals surface area contributed by atoms with Crippen LogP contribution in [0.2, 0.25) is 0 Å². The molecule has 9 heteroatoms. The molecule has 0 heterocycles. The maximum atomic E-state index is 12.3. The van der Waals surface area contributed by atoms with Gasteiger partial charge in [0, 0.05) is 6.42 Å². The number of nitrogens with one attached hydrogen (secondary N) is 2.